The summed E-state index contributed by atoms with van der Waals surface area (Å²) in [7, 11) is 1.63. The molecule has 1 aromatic rings. The van der Waals surface area contributed by atoms with Crippen LogP contribution in [-0.4, -0.2) is 13.3 Å². The van der Waals surface area contributed by atoms with Crippen molar-refractivity contribution in [1.29, 1.82) is 0 Å². The summed E-state index contributed by atoms with van der Waals surface area (Å²) in [6.07, 6.45) is 9.95. The van der Waals surface area contributed by atoms with Crippen molar-refractivity contribution in [3.63, 3.8) is 0 Å². The summed E-state index contributed by atoms with van der Waals surface area (Å²) < 4.78 is 5.41. The molecule has 0 radical (unpaired) electrons. The van der Waals surface area contributed by atoms with Crippen molar-refractivity contribution in [3.8, 4) is 0 Å². The molecule has 1 aliphatic rings. The monoisotopic (exact) mass is 667 g/mol. The van der Waals surface area contributed by atoms with E-state index in [4.69, 9.17) is 4.74 Å². The predicted molar refractivity (Wildman–Crippen MR) is 227 cm³/mol. The zero-order valence-corrected chi connectivity index (χ0v) is 35.8. The lowest BCUT2D eigenvalue weighted by Gasteiger charge is -2.19. The fourth-order valence-electron chi connectivity index (χ4n) is 3.13. The highest BCUT2D eigenvalue weighted by Gasteiger charge is 2.20. The second-order valence-electron chi connectivity index (χ2n) is 10.9. The Morgan fingerprint density at radius 2 is 1.33 bits per heavy atom. The molecule has 1 N–H and O–H groups in total. The van der Waals surface area contributed by atoms with E-state index in [1.807, 2.05) is 109 Å². The number of benzene rings is 1. The van der Waals surface area contributed by atoms with Gasteiger partial charge in [-0.3, -0.25) is 0 Å². The number of nitrogens with zero attached hydrogens (tertiary/aromatic N) is 1. The first kappa shape index (κ1) is 57.0. The lowest BCUT2D eigenvalue weighted by molar-refractivity contribution is 0.302. The first-order valence-electron chi connectivity index (χ1n) is 18.3. The van der Waals surface area contributed by atoms with E-state index in [-0.39, 0.29) is 5.41 Å². The van der Waals surface area contributed by atoms with Crippen LogP contribution in [0.15, 0.2) is 113 Å². The highest BCUT2D eigenvalue weighted by Crippen LogP contribution is 2.34. The molecule has 3 heteroatoms. The third-order valence-corrected chi connectivity index (χ3v) is 5.82. The van der Waals surface area contributed by atoms with Crippen molar-refractivity contribution in [2.75, 3.05) is 7.11 Å². The van der Waals surface area contributed by atoms with Gasteiger partial charge in [0, 0.05) is 18.0 Å². The largest absolute Gasteiger partial charge is 0.496 e. The van der Waals surface area contributed by atoms with E-state index in [1.54, 1.807) is 19.4 Å². The lowest BCUT2D eigenvalue weighted by Crippen LogP contribution is -2.11. The van der Waals surface area contributed by atoms with Gasteiger partial charge in [0.1, 0.15) is 11.6 Å². The highest BCUT2D eigenvalue weighted by molar-refractivity contribution is 5.55. The molecule has 48 heavy (non-hydrogen) atoms. The zero-order valence-electron chi connectivity index (χ0n) is 35.8. The molecular weight excluding hydrogens is 585 g/mol. The molecule has 1 aromatic carbocycles. The quantitative estimate of drug-likeness (QED) is 0.123. The number of hydrogen-bond donors (Lipinski definition) is 1. The number of allylic oxidation sites excluding steroid dienone is 7. The third-order valence-electron chi connectivity index (χ3n) is 5.82. The second-order valence-corrected chi connectivity index (χ2v) is 10.9. The van der Waals surface area contributed by atoms with E-state index < -0.39 is 0 Å². The number of ether oxygens (including phenoxy) is 1. The lowest BCUT2D eigenvalue weighted by atomic mass is 9.86. The molecule has 0 spiro atoms. The molecule has 0 amide bonds. The number of aryl methyl sites for hydroxylation is 1. The van der Waals surface area contributed by atoms with Crippen LogP contribution < -0.4 is 5.32 Å². The van der Waals surface area contributed by atoms with Crippen molar-refractivity contribution in [3.05, 3.63) is 120 Å². The molecule has 1 aliphatic carbocycles. The second kappa shape index (κ2) is 38.1. The minimum Gasteiger partial charge on any atom is -0.496 e. The fraction of sp³-hybridized carbons (Fsp3) is 0.533. The molecule has 0 aliphatic heterocycles. The van der Waals surface area contributed by atoms with E-state index in [2.05, 4.69) is 95.5 Å². The molecule has 1 saturated carbocycles. The van der Waals surface area contributed by atoms with Crippen LogP contribution in [0.4, 0.5) is 0 Å². The molecule has 0 bridgehead atoms. The Morgan fingerprint density at radius 1 is 0.854 bits per heavy atom. The molecule has 0 atom stereocenters. The van der Waals surface area contributed by atoms with E-state index >= 15 is 0 Å². The van der Waals surface area contributed by atoms with Gasteiger partial charge in [0.2, 0.25) is 0 Å². The van der Waals surface area contributed by atoms with Gasteiger partial charge in [0.15, 0.2) is 0 Å². The standard InChI is InChI=1S/C18H26N2O.C11H16.C6H10.5C2H6/c1-9-16(12-17(21-8)15(7)14(5)6)20-18(19-10-2)11-13(3)4;1-9-6-5-7-10(8-9)11(2,3)4;1-5(2)6-3-4-6;5*1-2/h9-12,20H,1,3,5H2,2,4,6-8H3;5-8H,1-4H3;6H,1,3-4H2,2H3;5*1-2H3/b16-12+,17-15-,18-11+,19-10-;;;;;;;. The van der Waals surface area contributed by atoms with Gasteiger partial charge < -0.3 is 10.1 Å². The van der Waals surface area contributed by atoms with Crippen LogP contribution >= 0.6 is 0 Å². The maximum absolute atomic E-state index is 5.41. The average molecular weight is 667 g/mol. The predicted octanol–water partition coefficient (Wildman–Crippen LogP) is 15.0. The van der Waals surface area contributed by atoms with Crippen LogP contribution in [0.1, 0.15) is 149 Å². The SMILES string of the molecule is C=C(C)C1CC1.C=C/C(=C\C(OC)=C(/C)C(=C)C)NC(=C/C(=C)C)/N=C\C.CC.CC.CC.CC.CC.Cc1cccc(C(C)(C)C)c1. The maximum atomic E-state index is 5.41. The Bertz CT molecular complexity index is 1080. The normalized spacial score (nSPS) is 11.9. The number of hydrogen-bond acceptors (Lipinski definition) is 3. The average Bonchev–Trinajstić information content (AvgIpc) is 3.94. The summed E-state index contributed by atoms with van der Waals surface area (Å²) in [6, 6.07) is 8.69. The molecular formula is C45H82N2O. The Kier molecular flexibility index (Phi) is 45.2. The molecule has 2 rings (SSSR count). The van der Waals surface area contributed by atoms with Gasteiger partial charge in [-0.2, -0.15) is 0 Å². The fourth-order valence-corrected chi connectivity index (χ4v) is 3.13. The smallest absolute Gasteiger partial charge is 0.130 e. The van der Waals surface area contributed by atoms with Gasteiger partial charge in [0.05, 0.1) is 7.11 Å². The molecule has 278 valence electrons. The summed E-state index contributed by atoms with van der Waals surface area (Å²) in [5.41, 5.74) is 8.05. The Morgan fingerprint density at radius 3 is 1.58 bits per heavy atom. The van der Waals surface area contributed by atoms with E-state index in [0.717, 1.165) is 34.1 Å². The van der Waals surface area contributed by atoms with Crippen LogP contribution in [0.2, 0.25) is 0 Å². The summed E-state index contributed by atoms with van der Waals surface area (Å²) in [4.78, 5) is 4.27. The minimum atomic E-state index is 0.284. The Labute approximate surface area is 302 Å². The van der Waals surface area contributed by atoms with Crippen molar-refractivity contribution < 1.29 is 4.74 Å². The third kappa shape index (κ3) is 34.0. The summed E-state index contributed by atoms with van der Waals surface area (Å²) >= 11 is 0. The molecule has 3 nitrogen and oxygen atoms in total. The Hall–Kier alpha value is -3.33. The van der Waals surface area contributed by atoms with Crippen LogP contribution in [0.25, 0.3) is 0 Å². The van der Waals surface area contributed by atoms with E-state index in [9.17, 15) is 0 Å². The van der Waals surface area contributed by atoms with Gasteiger partial charge >= 0.3 is 0 Å². The number of aliphatic imine (C=N–C) groups is 1. The van der Waals surface area contributed by atoms with Crippen molar-refractivity contribution in [2.45, 2.75) is 150 Å². The van der Waals surface area contributed by atoms with Gasteiger partial charge in [-0.25, -0.2) is 4.99 Å². The van der Waals surface area contributed by atoms with E-state index in [1.165, 1.54) is 29.5 Å². The van der Waals surface area contributed by atoms with Gasteiger partial charge in [-0.15, -0.1) is 0 Å². The zero-order chi connectivity index (χ0) is 39.5. The maximum Gasteiger partial charge on any atom is 0.130 e. The molecule has 0 heterocycles. The van der Waals surface area contributed by atoms with Gasteiger partial charge in [-0.05, 0) is 89.0 Å². The number of methoxy groups -OCH3 is 1. The number of rotatable bonds is 9. The summed E-state index contributed by atoms with van der Waals surface area (Å²) in [5.74, 6) is 2.34. The van der Waals surface area contributed by atoms with Crippen molar-refractivity contribution in [1.82, 2.24) is 5.32 Å². The topological polar surface area (TPSA) is 33.6 Å². The first-order chi connectivity index (χ1) is 22.7. The van der Waals surface area contributed by atoms with E-state index in [0.29, 0.717) is 5.82 Å². The first-order valence-corrected chi connectivity index (χ1v) is 18.3. The van der Waals surface area contributed by atoms with Crippen LogP contribution in [-0.2, 0) is 10.2 Å². The summed E-state index contributed by atoms with van der Waals surface area (Å²) in [6.45, 7) is 54.0. The van der Waals surface area contributed by atoms with Gasteiger partial charge in [0.25, 0.3) is 0 Å². The van der Waals surface area contributed by atoms with Crippen LogP contribution in [0.3, 0.4) is 0 Å². The van der Waals surface area contributed by atoms with Crippen LogP contribution in [0, 0.1) is 12.8 Å². The molecule has 0 aromatic heterocycles. The highest BCUT2D eigenvalue weighted by atomic mass is 16.5. The van der Waals surface area contributed by atoms with Crippen molar-refractivity contribution >= 4 is 6.21 Å². The summed E-state index contributed by atoms with van der Waals surface area (Å²) in [5, 5.41) is 3.20. The molecule has 0 unspecified atom stereocenters. The van der Waals surface area contributed by atoms with Crippen LogP contribution in [0.5, 0.6) is 0 Å². The molecule has 1 fully saturated rings. The Balaban J connectivity index is -0.000000135. The van der Waals surface area contributed by atoms with Crippen molar-refractivity contribution in [2.24, 2.45) is 10.9 Å². The molecule has 0 saturated heterocycles. The number of nitrogens with one attached hydrogen (secondary N) is 1. The van der Waals surface area contributed by atoms with Gasteiger partial charge in [-0.1, -0.05) is 163 Å². The minimum absolute atomic E-state index is 0.284.